The van der Waals surface area contributed by atoms with Crippen LogP contribution >= 0.6 is 11.8 Å². The van der Waals surface area contributed by atoms with E-state index in [2.05, 4.69) is 10.1 Å². The van der Waals surface area contributed by atoms with E-state index in [0.717, 1.165) is 18.5 Å². The minimum Gasteiger partial charge on any atom is -0.481 e. The number of aliphatic carboxylic acids is 1. The van der Waals surface area contributed by atoms with Crippen molar-refractivity contribution in [3.63, 3.8) is 0 Å². The molecule has 1 unspecified atom stereocenters. The highest BCUT2D eigenvalue weighted by Crippen LogP contribution is 2.46. The van der Waals surface area contributed by atoms with Gasteiger partial charge in [-0.3, -0.25) is 4.79 Å². The van der Waals surface area contributed by atoms with Crippen LogP contribution in [0.5, 0.6) is 0 Å². The lowest BCUT2D eigenvalue weighted by Crippen LogP contribution is -2.18. The van der Waals surface area contributed by atoms with Crippen molar-refractivity contribution in [1.29, 1.82) is 0 Å². The van der Waals surface area contributed by atoms with Gasteiger partial charge in [-0.15, -0.1) is 0 Å². The second kappa shape index (κ2) is 6.68. The normalized spacial score (nSPS) is 17.1. The number of hydrogen-bond donors (Lipinski definition) is 1. The van der Waals surface area contributed by atoms with Crippen molar-refractivity contribution in [2.45, 2.75) is 46.4 Å². The molecular weight excluding hydrogens is 390 g/mol. The second-order valence-corrected chi connectivity index (χ2v) is 9.61. The Morgan fingerprint density at radius 1 is 1.48 bits per heavy atom. The van der Waals surface area contributed by atoms with Gasteiger partial charge < -0.3 is 14.2 Å². The first-order valence-electron chi connectivity index (χ1n) is 8.36. The van der Waals surface area contributed by atoms with Crippen LogP contribution in [0.2, 0.25) is 0 Å². The summed E-state index contributed by atoms with van der Waals surface area (Å²) in [7, 11) is -3.49. The van der Waals surface area contributed by atoms with Gasteiger partial charge in [-0.1, -0.05) is 16.9 Å². The molecule has 0 fully saturated rings. The van der Waals surface area contributed by atoms with E-state index in [0.29, 0.717) is 27.4 Å². The summed E-state index contributed by atoms with van der Waals surface area (Å²) in [5, 5.41) is 13.6. The Balaban J connectivity index is 2.04. The van der Waals surface area contributed by atoms with E-state index >= 15 is 0 Å². The second-order valence-electron chi connectivity index (χ2n) is 6.55. The van der Waals surface area contributed by atoms with E-state index in [-0.39, 0.29) is 17.2 Å². The molecule has 1 aliphatic heterocycles. The first-order chi connectivity index (χ1) is 12.9. The lowest BCUT2D eigenvalue weighted by molar-refractivity contribution is -0.137. The van der Waals surface area contributed by atoms with Crippen molar-refractivity contribution >= 4 is 38.6 Å². The van der Waals surface area contributed by atoms with E-state index in [1.54, 1.807) is 6.20 Å². The Kier molecular flexibility index (Phi) is 4.47. The highest BCUT2D eigenvalue weighted by atomic mass is 32.2. The Bertz CT molecular complexity index is 1120. The van der Waals surface area contributed by atoms with E-state index in [4.69, 9.17) is 4.52 Å². The Labute approximate surface area is 159 Å². The van der Waals surface area contributed by atoms with Gasteiger partial charge in [0, 0.05) is 35.5 Å². The van der Waals surface area contributed by atoms with Crippen LogP contribution in [0.1, 0.15) is 30.9 Å². The van der Waals surface area contributed by atoms with Gasteiger partial charge in [-0.2, -0.15) is 0 Å². The highest BCUT2D eigenvalue weighted by Gasteiger charge is 2.32. The molecule has 27 heavy (non-hydrogen) atoms. The van der Waals surface area contributed by atoms with Gasteiger partial charge in [0.25, 0.3) is 0 Å². The Morgan fingerprint density at radius 2 is 2.30 bits per heavy atom. The van der Waals surface area contributed by atoms with Gasteiger partial charge >= 0.3 is 5.97 Å². The summed E-state index contributed by atoms with van der Waals surface area (Å²) < 4.78 is 31.7. The number of sulfone groups is 1. The van der Waals surface area contributed by atoms with E-state index in [1.165, 1.54) is 36.5 Å². The Hall–Kier alpha value is -2.33. The number of carboxylic acid groups (broad SMARTS) is 1. The molecule has 3 aromatic rings. The summed E-state index contributed by atoms with van der Waals surface area (Å²) in [5.74, 6) is -1.09. The van der Waals surface area contributed by atoms with Crippen LogP contribution < -0.4 is 0 Å². The molecule has 0 radical (unpaired) electrons. The molecule has 0 saturated carbocycles. The number of pyridine rings is 1. The lowest BCUT2D eigenvalue weighted by Gasteiger charge is -2.25. The average Bonchev–Trinajstić information content (AvgIpc) is 3.21. The largest absolute Gasteiger partial charge is 0.481 e. The fourth-order valence-electron chi connectivity index (χ4n) is 3.67. The maximum atomic E-state index is 12.4. The lowest BCUT2D eigenvalue weighted by atomic mass is 9.93. The smallest absolute Gasteiger partial charge is 0.304 e. The number of nitrogens with zero attached hydrogens (tertiary/aromatic N) is 3. The Morgan fingerprint density at radius 3 is 2.96 bits per heavy atom. The molecule has 0 saturated heterocycles. The fourth-order valence-corrected chi connectivity index (χ4v) is 5.71. The number of carboxylic acids is 1. The quantitative estimate of drug-likeness (QED) is 0.686. The van der Waals surface area contributed by atoms with Crippen LogP contribution in [0.25, 0.3) is 11.0 Å². The average molecular weight is 407 g/mol. The number of rotatable bonds is 5. The zero-order valence-corrected chi connectivity index (χ0v) is 16.1. The maximum absolute atomic E-state index is 12.4. The molecule has 1 N–H and O–H groups in total. The molecule has 8 nitrogen and oxygen atoms in total. The van der Waals surface area contributed by atoms with Gasteiger partial charge in [0.05, 0.1) is 27.8 Å². The molecule has 0 bridgehead atoms. The number of aromatic nitrogens is 3. The third-order valence-corrected chi connectivity index (χ3v) is 6.86. The van der Waals surface area contributed by atoms with Crippen molar-refractivity contribution in [1.82, 2.24) is 14.7 Å². The fraction of sp³-hybridized carbons (Fsp3) is 0.353. The van der Waals surface area contributed by atoms with Crippen LogP contribution in [-0.4, -0.2) is 40.5 Å². The first kappa shape index (κ1) is 18.1. The van der Waals surface area contributed by atoms with Gasteiger partial charge in [-0.05, 0) is 18.9 Å². The topological polar surface area (TPSA) is 115 Å². The molecule has 142 valence electrons. The molecule has 0 spiro atoms. The molecule has 10 heteroatoms. The molecule has 3 aromatic heterocycles. The summed E-state index contributed by atoms with van der Waals surface area (Å²) in [5.41, 5.74) is 1.40. The van der Waals surface area contributed by atoms with Crippen molar-refractivity contribution < 1.29 is 22.8 Å². The van der Waals surface area contributed by atoms with Gasteiger partial charge in [0.2, 0.25) is 0 Å². The van der Waals surface area contributed by atoms with Crippen molar-refractivity contribution in [2.75, 3.05) is 6.26 Å². The number of aryl methyl sites for hydroxylation is 1. The molecular formula is C17H17N3O5S2. The molecule has 0 aromatic carbocycles. The van der Waals surface area contributed by atoms with Crippen molar-refractivity contribution in [2.24, 2.45) is 0 Å². The minimum atomic E-state index is -3.49. The van der Waals surface area contributed by atoms with E-state index in [9.17, 15) is 18.3 Å². The number of fused-ring (bicyclic) bond motifs is 3. The van der Waals surface area contributed by atoms with Crippen LogP contribution in [0.15, 0.2) is 43.9 Å². The molecule has 1 aliphatic rings. The summed E-state index contributed by atoms with van der Waals surface area (Å²) in [6.07, 6.45) is 7.21. The third kappa shape index (κ3) is 3.23. The first-order valence-corrected chi connectivity index (χ1v) is 11.1. The van der Waals surface area contributed by atoms with Gasteiger partial charge in [0.15, 0.2) is 9.84 Å². The molecule has 1 atom stereocenters. The zero-order valence-electron chi connectivity index (χ0n) is 14.5. The van der Waals surface area contributed by atoms with Crippen LogP contribution in [0.4, 0.5) is 0 Å². The summed E-state index contributed by atoms with van der Waals surface area (Å²) >= 11 is 1.33. The summed E-state index contributed by atoms with van der Waals surface area (Å²) in [6, 6.07) is 1.49. The molecule has 4 rings (SSSR count). The molecule has 4 heterocycles. The van der Waals surface area contributed by atoms with Crippen LogP contribution in [0, 0.1) is 0 Å². The van der Waals surface area contributed by atoms with Crippen LogP contribution in [-0.2, 0) is 21.2 Å². The monoisotopic (exact) mass is 407 g/mol. The van der Waals surface area contributed by atoms with Gasteiger partial charge in [0.1, 0.15) is 11.9 Å². The predicted octanol–water partition coefficient (Wildman–Crippen LogP) is 2.93. The summed E-state index contributed by atoms with van der Waals surface area (Å²) in [6.45, 7) is 0.673. The number of hydrogen-bond acceptors (Lipinski definition) is 7. The van der Waals surface area contributed by atoms with Gasteiger partial charge in [-0.25, -0.2) is 13.4 Å². The summed E-state index contributed by atoms with van der Waals surface area (Å²) in [4.78, 5) is 17.5. The van der Waals surface area contributed by atoms with Crippen molar-refractivity contribution in [3.05, 3.63) is 30.4 Å². The number of carbonyl (C=O) groups is 1. The standard InChI is InChI=1S/C17H17N3O5S2/c1-27(23,24)12-4-5-18-17-14(12)16(26-11-8-19-25-9-11)15-10(7-13(21)22)3-2-6-20(15)17/h4-5,8-10H,2-3,6-7H2,1H3,(H,21,22). The van der Waals surface area contributed by atoms with Crippen molar-refractivity contribution in [3.8, 4) is 0 Å². The molecule has 0 aliphatic carbocycles. The minimum absolute atomic E-state index is 0.0122. The predicted molar refractivity (Wildman–Crippen MR) is 97.7 cm³/mol. The van der Waals surface area contributed by atoms with E-state index in [1.807, 2.05) is 4.57 Å². The maximum Gasteiger partial charge on any atom is 0.304 e. The highest BCUT2D eigenvalue weighted by molar-refractivity contribution is 7.99. The van der Waals surface area contributed by atoms with E-state index < -0.39 is 15.8 Å². The zero-order chi connectivity index (χ0) is 19.2. The molecule has 0 amide bonds. The van der Waals surface area contributed by atoms with Crippen LogP contribution in [0.3, 0.4) is 0 Å². The SMILES string of the molecule is CS(=O)(=O)c1ccnc2c1c(Sc1cnoc1)c1n2CCCC1CC(=O)O. The third-order valence-electron chi connectivity index (χ3n) is 4.67.